The van der Waals surface area contributed by atoms with E-state index in [0.717, 1.165) is 31.7 Å². The summed E-state index contributed by atoms with van der Waals surface area (Å²) in [5.74, 6) is 0. The Kier molecular flexibility index (Phi) is 4.76. The number of hydrogen-bond acceptors (Lipinski definition) is 3. The lowest BCUT2D eigenvalue weighted by Crippen LogP contribution is -2.14. The van der Waals surface area contributed by atoms with E-state index >= 15 is 0 Å². The Labute approximate surface area is 114 Å². The fraction of sp³-hybridized carbons (Fsp3) is 0.417. The molecule has 2 heterocycles. The largest absolute Gasteiger partial charge is 0.311 e. The van der Waals surface area contributed by atoms with Gasteiger partial charge in [-0.1, -0.05) is 6.92 Å². The van der Waals surface area contributed by atoms with Gasteiger partial charge < -0.3 is 5.32 Å². The minimum atomic E-state index is 0.839. The summed E-state index contributed by atoms with van der Waals surface area (Å²) in [6.45, 7) is 4.90. The molecule has 1 N–H and O–H groups in total. The van der Waals surface area contributed by atoms with Crippen LogP contribution in [0.1, 0.15) is 23.9 Å². The molecule has 0 bridgehead atoms. The molecule has 0 unspecified atom stereocenters. The quantitative estimate of drug-likeness (QED) is 0.830. The molecule has 0 spiro atoms. The van der Waals surface area contributed by atoms with Gasteiger partial charge in [0.05, 0.1) is 12.2 Å². The third kappa shape index (κ3) is 3.66. The molecule has 92 valence electrons. The number of rotatable bonds is 6. The molecule has 3 nitrogen and oxygen atoms in total. The number of nitrogens with one attached hydrogen (secondary N) is 1. The van der Waals surface area contributed by atoms with E-state index in [9.17, 15) is 0 Å². The van der Waals surface area contributed by atoms with Gasteiger partial charge in [0, 0.05) is 22.1 Å². The zero-order chi connectivity index (χ0) is 12.1. The van der Waals surface area contributed by atoms with Gasteiger partial charge in [0.2, 0.25) is 0 Å². The smallest absolute Gasteiger partial charge is 0.0763 e. The first-order valence-electron chi connectivity index (χ1n) is 5.74. The van der Waals surface area contributed by atoms with E-state index in [1.54, 1.807) is 11.3 Å². The maximum atomic E-state index is 4.54. The van der Waals surface area contributed by atoms with Crippen LogP contribution in [0.3, 0.4) is 0 Å². The van der Waals surface area contributed by atoms with Gasteiger partial charge in [0.25, 0.3) is 0 Å². The minimum absolute atomic E-state index is 0.839. The summed E-state index contributed by atoms with van der Waals surface area (Å²) in [6, 6.07) is 4.15. The summed E-state index contributed by atoms with van der Waals surface area (Å²) in [5, 5.41) is 9.98. The highest BCUT2D eigenvalue weighted by atomic mass is 79.9. The average Bonchev–Trinajstić information content (AvgIpc) is 2.91. The molecule has 2 rings (SSSR count). The number of aromatic nitrogens is 2. The second-order valence-corrected chi connectivity index (χ2v) is 5.73. The normalized spacial score (nSPS) is 10.9. The average molecular weight is 314 g/mol. The fourth-order valence-corrected chi connectivity index (χ4v) is 3.03. The Hall–Kier alpha value is -0.650. The van der Waals surface area contributed by atoms with Crippen molar-refractivity contribution in [3.63, 3.8) is 0 Å². The molecule has 0 amide bonds. The summed E-state index contributed by atoms with van der Waals surface area (Å²) in [6.07, 6.45) is 3.19. The lowest BCUT2D eigenvalue weighted by Gasteiger charge is -2.01. The predicted octanol–water partition coefficient (Wildman–Crippen LogP) is 3.26. The van der Waals surface area contributed by atoms with E-state index in [4.69, 9.17) is 0 Å². The summed E-state index contributed by atoms with van der Waals surface area (Å²) in [7, 11) is 0. The van der Waals surface area contributed by atoms with Crippen molar-refractivity contribution < 1.29 is 0 Å². The van der Waals surface area contributed by atoms with Gasteiger partial charge in [-0.05, 0) is 46.4 Å². The molecule has 0 fully saturated rings. The van der Waals surface area contributed by atoms with Crippen molar-refractivity contribution in [2.24, 2.45) is 0 Å². The van der Waals surface area contributed by atoms with Crippen LogP contribution in [0.4, 0.5) is 0 Å². The van der Waals surface area contributed by atoms with Gasteiger partial charge >= 0.3 is 0 Å². The molecule has 5 heteroatoms. The number of hydrogen-bond donors (Lipinski definition) is 1. The van der Waals surface area contributed by atoms with Crippen molar-refractivity contribution in [3.05, 3.63) is 38.8 Å². The first-order valence-corrected chi connectivity index (χ1v) is 7.41. The summed E-state index contributed by atoms with van der Waals surface area (Å²) in [5.41, 5.74) is 1.10. The summed E-state index contributed by atoms with van der Waals surface area (Å²) < 4.78 is 3.16. The molecule has 0 radical (unpaired) electrons. The molecule has 17 heavy (non-hydrogen) atoms. The fourth-order valence-electron chi connectivity index (χ4n) is 1.56. The molecule has 2 aromatic heterocycles. The number of halogens is 1. The van der Waals surface area contributed by atoms with Crippen LogP contribution in [-0.2, 0) is 13.1 Å². The van der Waals surface area contributed by atoms with Gasteiger partial charge in [0.15, 0.2) is 0 Å². The standard InChI is InChI=1S/C12H16BrN3S/c1-2-5-14-8-10-3-6-16(15-10)9-12-11(13)4-7-17-12/h3-4,6-7,14H,2,5,8-9H2,1H3. The van der Waals surface area contributed by atoms with Crippen molar-refractivity contribution in [2.45, 2.75) is 26.4 Å². The molecular weight excluding hydrogens is 298 g/mol. The molecule has 0 aromatic carbocycles. The van der Waals surface area contributed by atoms with Gasteiger partial charge in [0.1, 0.15) is 0 Å². The first-order chi connectivity index (χ1) is 8.29. The zero-order valence-corrected chi connectivity index (χ0v) is 12.2. The third-order valence-corrected chi connectivity index (χ3v) is 4.34. The van der Waals surface area contributed by atoms with Crippen molar-refractivity contribution in [1.29, 1.82) is 0 Å². The van der Waals surface area contributed by atoms with E-state index < -0.39 is 0 Å². The van der Waals surface area contributed by atoms with Gasteiger partial charge in [-0.2, -0.15) is 5.10 Å². The molecule has 0 aliphatic heterocycles. The van der Waals surface area contributed by atoms with E-state index in [1.807, 2.05) is 10.9 Å². The van der Waals surface area contributed by atoms with Crippen molar-refractivity contribution in [1.82, 2.24) is 15.1 Å². The molecule has 0 aliphatic rings. The Bertz CT molecular complexity index is 464. The Morgan fingerprint density at radius 3 is 3.06 bits per heavy atom. The van der Waals surface area contributed by atoms with Crippen LogP contribution in [0, 0.1) is 0 Å². The maximum Gasteiger partial charge on any atom is 0.0763 e. The lowest BCUT2D eigenvalue weighted by atomic mass is 10.4. The summed E-state index contributed by atoms with van der Waals surface area (Å²) >= 11 is 5.29. The molecule has 0 saturated carbocycles. The highest BCUT2D eigenvalue weighted by molar-refractivity contribution is 9.10. The second kappa shape index (κ2) is 6.33. The van der Waals surface area contributed by atoms with Crippen LogP contribution in [0.25, 0.3) is 0 Å². The number of thiophene rings is 1. The molecule has 0 aliphatic carbocycles. The van der Waals surface area contributed by atoms with Gasteiger partial charge in [-0.3, -0.25) is 4.68 Å². The Morgan fingerprint density at radius 1 is 1.47 bits per heavy atom. The topological polar surface area (TPSA) is 29.9 Å². The van der Waals surface area contributed by atoms with Crippen molar-refractivity contribution in [2.75, 3.05) is 6.54 Å². The van der Waals surface area contributed by atoms with E-state index in [-0.39, 0.29) is 0 Å². The molecule has 0 atom stereocenters. The van der Waals surface area contributed by atoms with Crippen LogP contribution >= 0.6 is 27.3 Å². The Morgan fingerprint density at radius 2 is 2.35 bits per heavy atom. The number of nitrogens with zero attached hydrogens (tertiary/aromatic N) is 2. The summed E-state index contributed by atoms with van der Waals surface area (Å²) in [4.78, 5) is 1.31. The predicted molar refractivity (Wildman–Crippen MR) is 75.3 cm³/mol. The van der Waals surface area contributed by atoms with Crippen molar-refractivity contribution >= 4 is 27.3 Å². The van der Waals surface area contributed by atoms with Crippen LogP contribution < -0.4 is 5.32 Å². The minimum Gasteiger partial charge on any atom is -0.311 e. The van der Waals surface area contributed by atoms with Crippen molar-refractivity contribution in [3.8, 4) is 0 Å². The first kappa shape index (κ1) is 12.8. The molecule has 0 saturated heterocycles. The lowest BCUT2D eigenvalue weighted by molar-refractivity contribution is 0.630. The highest BCUT2D eigenvalue weighted by Gasteiger charge is 2.04. The van der Waals surface area contributed by atoms with E-state index in [1.165, 1.54) is 9.35 Å². The van der Waals surface area contributed by atoms with E-state index in [2.05, 4.69) is 50.8 Å². The Balaban J connectivity index is 1.92. The van der Waals surface area contributed by atoms with Gasteiger partial charge in [-0.15, -0.1) is 11.3 Å². The second-order valence-electron chi connectivity index (χ2n) is 3.87. The van der Waals surface area contributed by atoms with Crippen LogP contribution in [-0.4, -0.2) is 16.3 Å². The van der Waals surface area contributed by atoms with Crippen LogP contribution in [0.2, 0.25) is 0 Å². The molecular formula is C12H16BrN3S. The monoisotopic (exact) mass is 313 g/mol. The van der Waals surface area contributed by atoms with E-state index in [0.29, 0.717) is 0 Å². The maximum absolute atomic E-state index is 4.54. The zero-order valence-electron chi connectivity index (χ0n) is 9.82. The van der Waals surface area contributed by atoms with Crippen LogP contribution in [0.15, 0.2) is 28.2 Å². The third-order valence-electron chi connectivity index (χ3n) is 2.43. The van der Waals surface area contributed by atoms with Crippen LogP contribution in [0.5, 0.6) is 0 Å². The highest BCUT2D eigenvalue weighted by Crippen LogP contribution is 2.23. The molecule has 2 aromatic rings. The van der Waals surface area contributed by atoms with Gasteiger partial charge in [-0.25, -0.2) is 0 Å². The SMILES string of the molecule is CCCNCc1ccn(Cc2sccc2Br)n1.